The van der Waals surface area contributed by atoms with Gasteiger partial charge in [-0.05, 0) is 24.3 Å². The van der Waals surface area contributed by atoms with Crippen LogP contribution in [0.3, 0.4) is 0 Å². The fourth-order valence-electron chi connectivity index (χ4n) is 1.33. The minimum Gasteiger partial charge on any atom is -0.457 e. The molecule has 0 heterocycles. The summed E-state index contributed by atoms with van der Waals surface area (Å²) in [5.74, 6) is 0.415. The van der Waals surface area contributed by atoms with E-state index in [-0.39, 0.29) is 5.82 Å². The molecule has 3 heteroatoms. The first kappa shape index (κ1) is 10.4. The maximum Gasteiger partial charge on any atom is 0.153 e. The molecule has 0 saturated heterocycles. The number of hydrogen-bond donors (Lipinski definition) is 0. The second-order valence-corrected chi connectivity index (χ2v) is 3.22. The van der Waals surface area contributed by atoms with Crippen LogP contribution in [0.25, 0.3) is 0 Å². The van der Waals surface area contributed by atoms with E-state index in [4.69, 9.17) is 4.74 Å². The Labute approximate surface area is 92.3 Å². The first-order valence-corrected chi connectivity index (χ1v) is 4.77. The normalized spacial score (nSPS) is 9.81. The number of carbonyl (C=O) groups excluding carboxylic acids is 1. The van der Waals surface area contributed by atoms with Gasteiger partial charge in [-0.1, -0.05) is 18.2 Å². The lowest BCUT2D eigenvalue weighted by Crippen LogP contribution is -1.90. The summed E-state index contributed by atoms with van der Waals surface area (Å²) in [4.78, 5) is 10.7. The molecule has 0 aliphatic rings. The van der Waals surface area contributed by atoms with Gasteiger partial charge >= 0.3 is 0 Å². The molecular formula is C13H9FO2. The second kappa shape index (κ2) is 4.57. The molecule has 0 N–H and O–H groups in total. The van der Waals surface area contributed by atoms with Gasteiger partial charge in [-0.15, -0.1) is 0 Å². The summed E-state index contributed by atoms with van der Waals surface area (Å²) in [5, 5.41) is 0. The standard InChI is InChI=1S/C13H9FO2/c14-11-5-3-6-12(8-11)16-13-7-2-1-4-10(13)9-15/h1-9H. The lowest BCUT2D eigenvalue weighted by molar-refractivity contribution is 0.112. The minimum absolute atomic E-state index is 0.370. The SMILES string of the molecule is O=Cc1ccccc1Oc1cccc(F)c1. The molecule has 80 valence electrons. The van der Waals surface area contributed by atoms with Crippen molar-refractivity contribution in [3.05, 3.63) is 59.9 Å². The van der Waals surface area contributed by atoms with Crippen molar-refractivity contribution in [2.45, 2.75) is 0 Å². The molecular weight excluding hydrogens is 207 g/mol. The molecule has 2 nitrogen and oxygen atoms in total. The monoisotopic (exact) mass is 216 g/mol. The molecule has 2 aromatic carbocycles. The van der Waals surface area contributed by atoms with Crippen LogP contribution in [0.4, 0.5) is 4.39 Å². The molecule has 16 heavy (non-hydrogen) atoms. The molecule has 0 atom stereocenters. The highest BCUT2D eigenvalue weighted by atomic mass is 19.1. The third-order valence-electron chi connectivity index (χ3n) is 2.07. The molecule has 0 unspecified atom stereocenters. The van der Waals surface area contributed by atoms with Gasteiger partial charge in [-0.2, -0.15) is 0 Å². The fraction of sp³-hybridized carbons (Fsp3) is 0. The number of rotatable bonds is 3. The summed E-state index contributed by atoms with van der Waals surface area (Å²) in [6.07, 6.45) is 0.703. The van der Waals surface area contributed by atoms with Crippen molar-refractivity contribution in [1.82, 2.24) is 0 Å². The smallest absolute Gasteiger partial charge is 0.153 e. The van der Waals surface area contributed by atoms with Crippen LogP contribution < -0.4 is 4.74 Å². The zero-order valence-electron chi connectivity index (χ0n) is 8.39. The van der Waals surface area contributed by atoms with Crippen LogP contribution in [-0.2, 0) is 0 Å². The zero-order valence-corrected chi connectivity index (χ0v) is 8.39. The van der Waals surface area contributed by atoms with E-state index in [0.29, 0.717) is 23.3 Å². The highest BCUT2D eigenvalue weighted by Gasteiger charge is 2.03. The number of benzene rings is 2. The zero-order chi connectivity index (χ0) is 11.4. The van der Waals surface area contributed by atoms with E-state index in [9.17, 15) is 9.18 Å². The van der Waals surface area contributed by atoms with E-state index < -0.39 is 0 Å². The van der Waals surface area contributed by atoms with E-state index in [1.165, 1.54) is 12.1 Å². The molecule has 0 bridgehead atoms. The van der Waals surface area contributed by atoms with Crippen LogP contribution in [0.15, 0.2) is 48.5 Å². The highest BCUT2D eigenvalue weighted by molar-refractivity contribution is 5.79. The number of ether oxygens (including phenoxy) is 1. The minimum atomic E-state index is -0.374. The number of aldehydes is 1. The van der Waals surface area contributed by atoms with Crippen molar-refractivity contribution >= 4 is 6.29 Å². The van der Waals surface area contributed by atoms with Gasteiger partial charge in [-0.25, -0.2) is 4.39 Å². The van der Waals surface area contributed by atoms with E-state index in [0.717, 1.165) is 0 Å². The van der Waals surface area contributed by atoms with Crippen LogP contribution in [0, 0.1) is 5.82 Å². The van der Waals surface area contributed by atoms with E-state index >= 15 is 0 Å². The molecule has 0 saturated carbocycles. The average Bonchev–Trinajstić information content (AvgIpc) is 2.30. The third-order valence-corrected chi connectivity index (χ3v) is 2.07. The number of halogens is 1. The quantitative estimate of drug-likeness (QED) is 0.734. The van der Waals surface area contributed by atoms with Crippen LogP contribution in [-0.4, -0.2) is 6.29 Å². The first-order chi connectivity index (χ1) is 7.79. The van der Waals surface area contributed by atoms with Gasteiger partial charge in [0.1, 0.15) is 17.3 Å². The Morgan fingerprint density at radius 2 is 1.88 bits per heavy atom. The van der Waals surface area contributed by atoms with Gasteiger partial charge in [0.05, 0.1) is 5.56 Å². The van der Waals surface area contributed by atoms with Gasteiger partial charge in [0.15, 0.2) is 6.29 Å². The maximum absolute atomic E-state index is 12.9. The molecule has 2 rings (SSSR count). The molecule has 0 fully saturated rings. The van der Waals surface area contributed by atoms with E-state index in [1.54, 1.807) is 36.4 Å². The van der Waals surface area contributed by atoms with Crippen LogP contribution in [0.5, 0.6) is 11.5 Å². The fourth-order valence-corrected chi connectivity index (χ4v) is 1.33. The number of hydrogen-bond acceptors (Lipinski definition) is 2. The van der Waals surface area contributed by atoms with Gasteiger partial charge in [0, 0.05) is 6.07 Å². The Bertz CT molecular complexity index is 509. The third kappa shape index (κ3) is 2.25. The van der Waals surface area contributed by atoms with Crippen molar-refractivity contribution in [2.24, 2.45) is 0 Å². The van der Waals surface area contributed by atoms with E-state index in [2.05, 4.69) is 0 Å². The van der Waals surface area contributed by atoms with E-state index in [1.807, 2.05) is 0 Å². The number of carbonyl (C=O) groups is 1. The molecule has 2 aromatic rings. The van der Waals surface area contributed by atoms with Crippen molar-refractivity contribution in [3.8, 4) is 11.5 Å². The Kier molecular flexibility index (Phi) is 2.96. The summed E-state index contributed by atoms with van der Waals surface area (Å²) in [6, 6.07) is 12.6. The van der Waals surface area contributed by atoms with Gasteiger partial charge in [0.2, 0.25) is 0 Å². The predicted molar refractivity (Wildman–Crippen MR) is 58.3 cm³/mol. The largest absolute Gasteiger partial charge is 0.457 e. The Morgan fingerprint density at radius 1 is 1.06 bits per heavy atom. The predicted octanol–water partition coefficient (Wildman–Crippen LogP) is 3.43. The summed E-state index contributed by atoms with van der Waals surface area (Å²) >= 11 is 0. The molecule has 0 spiro atoms. The van der Waals surface area contributed by atoms with Crippen LogP contribution in [0.2, 0.25) is 0 Å². The highest BCUT2D eigenvalue weighted by Crippen LogP contribution is 2.24. The van der Waals surface area contributed by atoms with Gasteiger partial charge in [-0.3, -0.25) is 4.79 Å². The first-order valence-electron chi connectivity index (χ1n) is 4.77. The Morgan fingerprint density at radius 3 is 2.62 bits per heavy atom. The summed E-state index contributed by atoms with van der Waals surface area (Å²) in [6.45, 7) is 0. The second-order valence-electron chi connectivity index (χ2n) is 3.22. The summed E-state index contributed by atoms with van der Waals surface area (Å²) in [7, 11) is 0. The Balaban J connectivity index is 2.30. The maximum atomic E-state index is 12.9. The lowest BCUT2D eigenvalue weighted by atomic mass is 10.2. The summed E-state index contributed by atoms with van der Waals surface area (Å²) < 4.78 is 18.3. The van der Waals surface area contributed by atoms with Gasteiger partial charge < -0.3 is 4.74 Å². The lowest BCUT2D eigenvalue weighted by Gasteiger charge is -2.07. The van der Waals surface area contributed by atoms with Crippen molar-refractivity contribution < 1.29 is 13.9 Å². The molecule has 0 aliphatic carbocycles. The molecule has 0 aliphatic heterocycles. The molecule has 0 radical (unpaired) electrons. The molecule has 0 amide bonds. The van der Waals surface area contributed by atoms with Crippen molar-refractivity contribution in [2.75, 3.05) is 0 Å². The molecule has 0 aromatic heterocycles. The summed E-state index contributed by atoms with van der Waals surface area (Å²) in [5.41, 5.74) is 0.437. The van der Waals surface area contributed by atoms with Crippen molar-refractivity contribution in [3.63, 3.8) is 0 Å². The topological polar surface area (TPSA) is 26.3 Å². The Hall–Kier alpha value is -2.16. The van der Waals surface area contributed by atoms with Gasteiger partial charge in [0.25, 0.3) is 0 Å². The van der Waals surface area contributed by atoms with Crippen molar-refractivity contribution in [1.29, 1.82) is 0 Å². The van der Waals surface area contributed by atoms with Crippen LogP contribution >= 0.6 is 0 Å². The number of para-hydroxylation sites is 1. The van der Waals surface area contributed by atoms with Crippen LogP contribution in [0.1, 0.15) is 10.4 Å². The average molecular weight is 216 g/mol.